The molecule has 0 N–H and O–H groups in total. The monoisotopic (exact) mass is 366 g/mol. The number of likely N-dealkylation sites (tertiary alicyclic amines) is 1. The minimum atomic E-state index is 0.130. The Morgan fingerprint density at radius 3 is 2.54 bits per heavy atom. The highest BCUT2D eigenvalue weighted by Crippen LogP contribution is 2.48. The van der Waals surface area contributed by atoms with Crippen LogP contribution in [0.25, 0.3) is 0 Å². The second-order valence-electron chi connectivity index (χ2n) is 7.22. The van der Waals surface area contributed by atoms with Crippen LogP contribution in [0, 0.1) is 0 Å². The molecule has 2 aromatic carbocycles. The van der Waals surface area contributed by atoms with Crippen molar-refractivity contribution in [1.82, 2.24) is 4.90 Å². The standard InChI is InChI=1S/C22H26N2OS/c1-17(25)18-10-11-22-20(16-18)24(19-8-3-4-9-21(19)26-22)15-7-14-23-12-5-2-6-13-23/h3-4,8-11,16H,2,5-7,12-15H2,1H3. The summed E-state index contributed by atoms with van der Waals surface area (Å²) in [6, 6.07) is 14.7. The van der Waals surface area contributed by atoms with Gasteiger partial charge >= 0.3 is 0 Å². The number of benzene rings is 2. The lowest BCUT2D eigenvalue weighted by atomic mass is 10.1. The second kappa shape index (κ2) is 7.85. The summed E-state index contributed by atoms with van der Waals surface area (Å²) >= 11 is 1.80. The molecule has 4 rings (SSSR count). The topological polar surface area (TPSA) is 23.6 Å². The van der Waals surface area contributed by atoms with Crippen molar-refractivity contribution >= 4 is 28.9 Å². The molecule has 0 bridgehead atoms. The van der Waals surface area contributed by atoms with Gasteiger partial charge in [0.25, 0.3) is 0 Å². The zero-order valence-corrected chi connectivity index (χ0v) is 16.2. The van der Waals surface area contributed by atoms with E-state index in [2.05, 4.69) is 46.2 Å². The van der Waals surface area contributed by atoms with Gasteiger partial charge in [0.1, 0.15) is 0 Å². The molecule has 0 atom stereocenters. The van der Waals surface area contributed by atoms with Gasteiger partial charge < -0.3 is 9.80 Å². The van der Waals surface area contributed by atoms with E-state index >= 15 is 0 Å². The summed E-state index contributed by atoms with van der Waals surface area (Å²) in [4.78, 5) is 19.4. The molecule has 0 aromatic heterocycles. The molecule has 1 saturated heterocycles. The molecule has 3 nitrogen and oxygen atoms in total. The molecule has 2 aliphatic rings. The molecule has 0 amide bonds. The smallest absolute Gasteiger partial charge is 0.159 e. The number of hydrogen-bond acceptors (Lipinski definition) is 4. The van der Waals surface area contributed by atoms with E-state index in [1.807, 2.05) is 6.07 Å². The maximum atomic E-state index is 11.9. The predicted octanol–water partition coefficient (Wildman–Crippen LogP) is 5.37. The van der Waals surface area contributed by atoms with Crippen LogP contribution in [-0.4, -0.2) is 36.9 Å². The average molecular weight is 367 g/mol. The molecule has 2 heterocycles. The Hall–Kier alpha value is -1.78. The summed E-state index contributed by atoms with van der Waals surface area (Å²) in [5.74, 6) is 0.130. The maximum absolute atomic E-state index is 11.9. The van der Waals surface area contributed by atoms with E-state index in [-0.39, 0.29) is 5.78 Å². The summed E-state index contributed by atoms with van der Waals surface area (Å²) in [7, 11) is 0. The molecule has 0 spiro atoms. The number of piperidine rings is 1. The summed E-state index contributed by atoms with van der Waals surface area (Å²) in [6.07, 6.45) is 5.21. The fourth-order valence-electron chi connectivity index (χ4n) is 3.92. The van der Waals surface area contributed by atoms with Gasteiger partial charge in [0.05, 0.1) is 11.4 Å². The molecule has 4 heteroatoms. The summed E-state index contributed by atoms with van der Waals surface area (Å²) < 4.78 is 0. The largest absolute Gasteiger partial charge is 0.340 e. The molecule has 1 fully saturated rings. The maximum Gasteiger partial charge on any atom is 0.159 e. The van der Waals surface area contributed by atoms with Crippen molar-refractivity contribution in [3.63, 3.8) is 0 Å². The normalized spacial score (nSPS) is 16.9. The molecule has 136 valence electrons. The van der Waals surface area contributed by atoms with Crippen molar-refractivity contribution in [2.45, 2.75) is 42.4 Å². The Balaban J connectivity index is 1.57. The molecule has 0 unspecified atom stereocenters. The average Bonchev–Trinajstić information content (AvgIpc) is 2.68. The highest BCUT2D eigenvalue weighted by atomic mass is 32.2. The van der Waals surface area contributed by atoms with Crippen molar-refractivity contribution in [3.8, 4) is 0 Å². The van der Waals surface area contributed by atoms with Crippen LogP contribution in [0.1, 0.15) is 43.0 Å². The van der Waals surface area contributed by atoms with Gasteiger partial charge in [-0.25, -0.2) is 0 Å². The minimum absolute atomic E-state index is 0.130. The zero-order valence-electron chi connectivity index (χ0n) is 15.4. The van der Waals surface area contributed by atoms with Crippen LogP contribution in [0.3, 0.4) is 0 Å². The van der Waals surface area contributed by atoms with Gasteiger partial charge in [-0.05, 0) is 70.1 Å². The van der Waals surface area contributed by atoms with Crippen LogP contribution >= 0.6 is 11.8 Å². The number of para-hydroxylation sites is 1. The van der Waals surface area contributed by atoms with Crippen molar-refractivity contribution in [2.75, 3.05) is 31.1 Å². The first-order chi connectivity index (χ1) is 12.7. The van der Waals surface area contributed by atoms with Gasteiger partial charge in [0.15, 0.2) is 5.78 Å². The van der Waals surface area contributed by atoms with Gasteiger partial charge in [0, 0.05) is 21.9 Å². The molecular weight excluding hydrogens is 340 g/mol. The number of fused-ring (bicyclic) bond motifs is 2. The number of carbonyl (C=O) groups excluding carboxylic acids is 1. The Morgan fingerprint density at radius 2 is 1.73 bits per heavy atom. The lowest BCUT2D eigenvalue weighted by Gasteiger charge is -2.34. The second-order valence-corrected chi connectivity index (χ2v) is 8.30. The summed E-state index contributed by atoms with van der Waals surface area (Å²) in [5.41, 5.74) is 3.24. The highest BCUT2D eigenvalue weighted by molar-refractivity contribution is 7.99. The number of nitrogens with zero attached hydrogens (tertiary/aromatic N) is 2. The lowest BCUT2D eigenvalue weighted by Crippen LogP contribution is -2.33. The quantitative estimate of drug-likeness (QED) is 0.664. The van der Waals surface area contributed by atoms with Crippen LogP contribution in [-0.2, 0) is 0 Å². The Bertz CT molecular complexity index is 798. The van der Waals surface area contributed by atoms with E-state index in [4.69, 9.17) is 0 Å². The molecular formula is C22H26N2OS. The third-order valence-corrected chi connectivity index (χ3v) is 6.47. The van der Waals surface area contributed by atoms with E-state index in [0.717, 1.165) is 25.1 Å². The molecule has 0 aliphatic carbocycles. The first-order valence-corrected chi connectivity index (χ1v) is 10.5. The SMILES string of the molecule is CC(=O)c1ccc2c(c1)N(CCCN1CCCCC1)c1ccccc1S2. The highest BCUT2D eigenvalue weighted by Gasteiger charge is 2.24. The van der Waals surface area contributed by atoms with Gasteiger partial charge in [-0.15, -0.1) is 0 Å². The van der Waals surface area contributed by atoms with Crippen molar-refractivity contribution in [2.24, 2.45) is 0 Å². The predicted molar refractivity (Wildman–Crippen MR) is 109 cm³/mol. The van der Waals surface area contributed by atoms with E-state index < -0.39 is 0 Å². The zero-order chi connectivity index (χ0) is 17.9. The van der Waals surface area contributed by atoms with Gasteiger partial charge in [-0.3, -0.25) is 4.79 Å². The van der Waals surface area contributed by atoms with Crippen LogP contribution < -0.4 is 4.90 Å². The number of ketones is 1. The molecule has 0 radical (unpaired) electrons. The molecule has 0 saturated carbocycles. The number of hydrogen-bond donors (Lipinski definition) is 0. The third kappa shape index (κ3) is 3.67. The number of Topliss-reactive ketones (excluding diaryl/α,β-unsaturated/α-hetero) is 1. The number of rotatable bonds is 5. The number of anilines is 2. The Kier molecular flexibility index (Phi) is 5.32. The van der Waals surface area contributed by atoms with E-state index in [9.17, 15) is 4.79 Å². The summed E-state index contributed by atoms with van der Waals surface area (Å²) in [6.45, 7) is 6.29. The first-order valence-electron chi connectivity index (χ1n) is 9.64. The molecule has 26 heavy (non-hydrogen) atoms. The molecule has 2 aliphatic heterocycles. The Labute approximate surface area is 160 Å². The van der Waals surface area contributed by atoms with Crippen LogP contribution in [0.2, 0.25) is 0 Å². The number of carbonyl (C=O) groups is 1. The van der Waals surface area contributed by atoms with Crippen molar-refractivity contribution < 1.29 is 4.79 Å². The third-order valence-electron chi connectivity index (χ3n) is 5.34. The van der Waals surface area contributed by atoms with E-state index in [1.54, 1.807) is 18.7 Å². The fourth-order valence-corrected chi connectivity index (χ4v) is 5.00. The minimum Gasteiger partial charge on any atom is -0.340 e. The van der Waals surface area contributed by atoms with Crippen molar-refractivity contribution in [1.29, 1.82) is 0 Å². The lowest BCUT2D eigenvalue weighted by molar-refractivity contribution is 0.101. The fraction of sp³-hybridized carbons (Fsp3) is 0.409. The summed E-state index contributed by atoms with van der Waals surface area (Å²) in [5, 5.41) is 0. The van der Waals surface area contributed by atoms with Crippen LogP contribution in [0.15, 0.2) is 52.3 Å². The van der Waals surface area contributed by atoms with E-state index in [1.165, 1.54) is 53.5 Å². The van der Waals surface area contributed by atoms with Crippen LogP contribution in [0.5, 0.6) is 0 Å². The Morgan fingerprint density at radius 1 is 0.962 bits per heavy atom. The van der Waals surface area contributed by atoms with Crippen molar-refractivity contribution in [3.05, 3.63) is 48.0 Å². The van der Waals surface area contributed by atoms with Crippen LogP contribution in [0.4, 0.5) is 11.4 Å². The molecule has 2 aromatic rings. The van der Waals surface area contributed by atoms with Gasteiger partial charge in [-0.1, -0.05) is 36.4 Å². The van der Waals surface area contributed by atoms with Gasteiger partial charge in [0.2, 0.25) is 0 Å². The first kappa shape index (κ1) is 17.6. The van der Waals surface area contributed by atoms with Gasteiger partial charge in [-0.2, -0.15) is 0 Å². The van der Waals surface area contributed by atoms with E-state index in [0.29, 0.717) is 0 Å².